The van der Waals surface area contributed by atoms with Crippen LogP contribution in [0.5, 0.6) is 0 Å². The molecule has 0 aromatic rings. The fourth-order valence-corrected chi connectivity index (χ4v) is 10.1. The number of likely N-dealkylation sites (N-methyl/N-ethyl adjacent to an activating group) is 1. The van der Waals surface area contributed by atoms with Gasteiger partial charge < -0.3 is 19.4 Å². The average molecular weight is 1030 g/mol. The Bertz CT molecular complexity index is 1230. The number of amides is 1. The van der Waals surface area contributed by atoms with Crippen LogP contribution in [0.4, 0.5) is 0 Å². The minimum Gasteiger partial charge on any atom is -0.456 e. The molecule has 9 nitrogen and oxygen atoms in total. The maximum atomic E-state index is 13.5. The molecule has 0 aromatic heterocycles. The van der Waals surface area contributed by atoms with Crippen molar-refractivity contribution in [1.82, 2.24) is 5.32 Å². The second kappa shape index (κ2) is 52.2. The molecule has 0 radical (unpaired) electrons. The zero-order chi connectivity index (χ0) is 52.2. The highest BCUT2D eigenvalue weighted by Crippen LogP contribution is 2.43. The topological polar surface area (TPSA) is 111 Å². The largest absolute Gasteiger partial charge is 0.472 e. The van der Waals surface area contributed by atoms with Crippen LogP contribution in [0.15, 0.2) is 12.2 Å². The van der Waals surface area contributed by atoms with Crippen molar-refractivity contribution in [2.75, 3.05) is 40.9 Å². The first-order chi connectivity index (χ1) is 34.4. The lowest BCUT2D eigenvalue weighted by Gasteiger charge is -2.27. The van der Waals surface area contributed by atoms with E-state index < -0.39 is 20.0 Å². The third-order valence-electron chi connectivity index (χ3n) is 14.2. The molecule has 0 saturated carbocycles. The molecular weight excluding hydrogens is 904 g/mol. The molecule has 10 heteroatoms. The summed E-state index contributed by atoms with van der Waals surface area (Å²) in [6.45, 7) is 7.06. The minimum absolute atomic E-state index is 0.0457. The number of unbranched alkanes of at least 4 members (excludes halogenated alkanes) is 41. The molecule has 0 spiro atoms. The van der Waals surface area contributed by atoms with Crippen molar-refractivity contribution in [3.63, 3.8) is 0 Å². The summed E-state index contributed by atoms with van der Waals surface area (Å²) in [5.74, 6) is -0.484. The fourth-order valence-electron chi connectivity index (χ4n) is 9.41. The predicted octanol–water partition coefficient (Wildman–Crippen LogP) is 18.8. The van der Waals surface area contributed by atoms with E-state index in [9.17, 15) is 19.0 Å². The Hall–Kier alpha value is -1.25. The van der Waals surface area contributed by atoms with Gasteiger partial charge in [0.05, 0.1) is 33.8 Å². The highest BCUT2D eigenvalue weighted by Gasteiger charge is 2.30. The Balaban J connectivity index is 5.19. The van der Waals surface area contributed by atoms with Gasteiger partial charge in [-0.3, -0.25) is 18.6 Å². The number of allylic oxidation sites excluding steroid dienone is 1. The summed E-state index contributed by atoms with van der Waals surface area (Å²) < 4.78 is 30.7. The Kier molecular flexibility index (Phi) is 51.3. The number of phosphoric acid groups is 1. The number of esters is 1. The quantitative estimate of drug-likeness (QED) is 0.0205. The van der Waals surface area contributed by atoms with Gasteiger partial charge in [0.1, 0.15) is 19.3 Å². The minimum atomic E-state index is -4.44. The monoisotopic (exact) mass is 1030 g/mol. The van der Waals surface area contributed by atoms with Gasteiger partial charge >= 0.3 is 13.8 Å². The molecule has 0 fully saturated rings. The Morgan fingerprint density at radius 1 is 0.479 bits per heavy atom. The highest BCUT2D eigenvalue weighted by molar-refractivity contribution is 7.47. The number of carbonyl (C=O) groups is 2. The smallest absolute Gasteiger partial charge is 0.456 e. The molecule has 3 unspecified atom stereocenters. The van der Waals surface area contributed by atoms with Crippen LogP contribution in [0.2, 0.25) is 0 Å². The SMILES string of the molecule is CCCCCCCCCCC/C=C/C(OC(=O)CCCCCCCCCCCCCCCCCCC)C(COP(=O)(O)OCC[N+](C)(C)C)NC(=O)CCCCCCCCCCCCCCCCCCC. The molecule has 0 aliphatic carbocycles. The van der Waals surface area contributed by atoms with E-state index >= 15 is 0 Å². The van der Waals surface area contributed by atoms with Crippen LogP contribution in [0.25, 0.3) is 0 Å². The summed E-state index contributed by atoms with van der Waals surface area (Å²) in [6, 6.07) is -0.838. The molecule has 71 heavy (non-hydrogen) atoms. The van der Waals surface area contributed by atoms with Gasteiger partial charge in [0.25, 0.3) is 0 Å². The van der Waals surface area contributed by atoms with E-state index in [0.717, 1.165) is 57.8 Å². The van der Waals surface area contributed by atoms with Gasteiger partial charge in [-0.2, -0.15) is 0 Å². The van der Waals surface area contributed by atoms with E-state index in [1.807, 2.05) is 33.3 Å². The number of nitrogens with one attached hydrogen (secondary N) is 1. The molecule has 0 aliphatic heterocycles. The second-order valence-corrected chi connectivity index (χ2v) is 24.1. The maximum Gasteiger partial charge on any atom is 0.472 e. The van der Waals surface area contributed by atoms with Crippen LogP contribution in [0, 0.1) is 0 Å². The Morgan fingerprint density at radius 3 is 1.15 bits per heavy atom. The highest BCUT2D eigenvalue weighted by atomic mass is 31.2. The second-order valence-electron chi connectivity index (χ2n) is 22.6. The summed E-state index contributed by atoms with van der Waals surface area (Å²) in [5.41, 5.74) is 0. The maximum absolute atomic E-state index is 13.5. The molecule has 3 atom stereocenters. The zero-order valence-electron chi connectivity index (χ0n) is 48.2. The van der Waals surface area contributed by atoms with Crippen LogP contribution in [0.3, 0.4) is 0 Å². The van der Waals surface area contributed by atoms with E-state index in [-0.39, 0.29) is 25.1 Å². The van der Waals surface area contributed by atoms with E-state index in [2.05, 4.69) is 26.1 Å². The Labute approximate surface area is 441 Å². The van der Waals surface area contributed by atoms with E-state index in [1.54, 1.807) is 0 Å². The Morgan fingerprint density at radius 2 is 0.803 bits per heavy atom. The normalized spacial score (nSPS) is 13.7. The van der Waals surface area contributed by atoms with Crippen LogP contribution in [-0.4, -0.2) is 74.3 Å². The third kappa shape index (κ3) is 53.4. The van der Waals surface area contributed by atoms with Gasteiger partial charge in [0, 0.05) is 12.8 Å². The molecule has 0 aliphatic rings. The van der Waals surface area contributed by atoms with Gasteiger partial charge in [-0.1, -0.05) is 284 Å². The van der Waals surface area contributed by atoms with E-state index in [0.29, 0.717) is 23.9 Å². The number of carbonyl (C=O) groups excluding carboxylic acids is 2. The third-order valence-corrected chi connectivity index (χ3v) is 15.2. The summed E-state index contributed by atoms with van der Waals surface area (Å²) >= 11 is 0. The van der Waals surface area contributed by atoms with Gasteiger partial charge in [0.15, 0.2) is 0 Å². The zero-order valence-corrected chi connectivity index (χ0v) is 49.1. The molecular formula is C61H122N2O7P+. The lowest BCUT2D eigenvalue weighted by Crippen LogP contribution is -2.47. The first-order valence-electron chi connectivity index (χ1n) is 31.0. The van der Waals surface area contributed by atoms with Crippen molar-refractivity contribution in [3.8, 4) is 0 Å². The van der Waals surface area contributed by atoms with Gasteiger partial charge in [0.2, 0.25) is 5.91 Å². The van der Waals surface area contributed by atoms with Crippen molar-refractivity contribution in [2.24, 2.45) is 0 Å². The standard InChI is InChI=1S/C61H121N2O7P/c1-7-10-13-16-19-22-25-27-29-31-33-35-38-41-44-47-50-53-60(64)62-58(57-69-71(66,67)68-56-55-63(4,5)6)59(52-49-46-43-40-37-24-21-18-15-12-9-3)70-61(65)54-51-48-45-42-39-36-34-32-30-28-26-23-20-17-14-11-8-2/h49,52,58-59H,7-48,50-51,53-57H2,1-6H3,(H-,62,64,66,67)/p+1/b52-49+. The predicted molar refractivity (Wildman–Crippen MR) is 305 cm³/mol. The van der Waals surface area contributed by atoms with Crippen molar-refractivity contribution < 1.29 is 37.3 Å². The number of phosphoric ester groups is 1. The summed E-state index contributed by atoms with van der Waals surface area (Å²) in [4.78, 5) is 37.6. The van der Waals surface area contributed by atoms with Crippen molar-refractivity contribution in [3.05, 3.63) is 12.2 Å². The lowest BCUT2D eigenvalue weighted by molar-refractivity contribution is -0.870. The molecule has 0 bridgehead atoms. The first kappa shape index (κ1) is 69.8. The number of rotatable bonds is 57. The van der Waals surface area contributed by atoms with Gasteiger partial charge in [-0.25, -0.2) is 4.57 Å². The van der Waals surface area contributed by atoms with E-state index in [1.165, 1.54) is 225 Å². The van der Waals surface area contributed by atoms with Gasteiger partial charge in [-0.05, 0) is 31.8 Å². The first-order valence-corrected chi connectivity index (χ1v) is 32.5. The molecule has 2 N–H and O–H groups in total. The summed E-state index contributed by atoms with van der Waals surface area (Å²) in [6.07, 6.45) is 59.2. The molecule has 422 valence electrons. The molecule has 0 heterocycles. The molecule has 0 rings (SSSR count). The summed E-state index contributed by atoms with van der Waals surface area (Å²) in [5, 5.41) is 3.06. The molecule has 0 saturated heterocycles. The number of nitrogens with zero attached hydrogens (tertiary/aromatic N) is 1. The van der Waals surface area contributed by atoms with Crippen molar-refractivity contribution in [2.45, 2.75) is 328 Å². The lowest BCUT2D eigenvalue weighted by atomic mass is 10.0. The molecule has 0 aromatic carbocycles. The summed E-state index contributed by atoms with van der Waals surface area (Å²) in [7, 11) is 1.52. The van der Waals surface area contributed by atoms with Crippen molar-refractivity contribution >= 4 is 19.7 Å². The van der Waals surface area contributed by atoms with Crippen LogP contribution < -0.4 is 5.32 Å². The number of hydrogen-bond acceptors (Lipinski definition) is 6. The van der Waals surface area contributed by atoms with Crippen LogP contribution in [-0.2, 0) is 27.9 Å². The van der Waals surface area contributed by atoms with Crippen LogP contribution >= 0.6 is 7.82 Å². The average Bonchev–Trinajstić information content (AvgIpc) is 3.33. The van der Waals surface area contributed by atoms with Crippen molar-refractivity contribution in [1.29, 1.82) is 0 Å². The van der Waals surface area contributed by atoms with E-state index in [4.69, 9.17) is 13.8 Å². The number of hydrogen-bond donors (Lipinski definition) is 2. The van der Waals surface area contributed by atoms with Gasteiger partial charge in [-0.15, -0.1) is 0 Å². The van der Waals surface area contributed by atoms with Crippen LogP contribution in [0.1, 0.15) is 316 Å². The fraction of sp³-hybridized carbons (Fsp3) is 0.934. The number of quaternary nitrogens is 1. The molecule has 1 amide bonds. The number of ether oxygens (including phenoxy) is 1.